The van der Waals surface area contributed by atoms with E-state index >= 15 is 0 Å². The predicted octanol–water partition coefficient (Wildman–Crippen LogP) is 3.44. The van der Waals surface area contributed by atoms with Gasteiger partial charge in [0.05, 0.1) is 12.1 Å². The molecule has 156 valence electrons. The SMILES string of the molecule is CNC(=O)c1cc(Oc2ccc3nc(N[C@H]4c5ccccc5C[C@H]4O)oc3c2)ccn1. The van der Waals surface area contributed by atoms with E-state index in [-0.39, 0.29) is 17.6 Å². The van der Waals surface area contributed by atoms with E-state index in [9.17, 15) is 9.90 Å². The van der Waals surface area contributed by atoms with E-state index < -0.39 is 6.10 Å². The van der Waals surface area contributed by atoms with Crippen molar-refractivity contribution in [2.45, 2.75) is 18.6 Å². The quantitative estimate of drug-likeness (QED) is 0.457. The van der Waals surface area contributed by atoms with Gasteiger partial charge in [-0.05, 0) is 29.3 Å². The van der Waals surface area contributed by atoms with Gasteiger partial charge in [-0.1, -0.05) is 24.3 Å². The Morgan fingerprint density at radius 1 is 1.16 bits per heavy atom. The Balaban J connectivity index is 1.37. The van der Waals surface area contributed by atoms with Crippen LogP contribution in [-0.2, 0) is 6.42 Å². The molecule has 2 aromatic heterocycles. The van der Waals surface area contributed by atoms with Gasteiger partial charge in [0.2, 0.25) is 0 Å². The second-order valence-corrected chi connectivity index (χ2v) is 7.30. The van der Waals surface area contributed by atoms with E-state index in [0.29, 0.717) is 35.0 Å². The molecule has 0 spiro atoms. The Hall–Kier alpha value is -3.91. The lowest BCUT2D eigenvalue weighted by atomic mass is 10.1. The van der Waals surface area contributed by atoms with Crippen LogP contribution in [0.4, 0.5) is 6.01 Å². The summed E-state index contributed by atoms with van der Waals surface area (Å²) in [5, 5.41) is 16.2. The molecule has 1 amide bonds. The van der Waals surface area contributed by atoms with Crippen molar-refractivity contribution in [3.8, 4) is 11.5 Å². The molecule has 2 heterocycles. The average Bonchev–Trinajstić information content (AvgIpc) is 3.33. The molecule has 1 aliphatic carbocycles. The first-order chi connectivity index (χ1) is 15.1. The number of pyridine rings is 1. The zero-order valence-corrected chi connectivity index (χ0v) is 16.7. The number of rotatable bonds is 5. The van der Waals surface area contributed by atoms with Gasteiger partial charge >= 0.3 is 0 Å². The maximum Gasteiger partial charge on any atom is 0.296 e. The molecule has 0 saturated carbocycles. The fourth-order valence-corrected chi connectivity index (χ4v) is 3.77. The van der Waals surface area contributed by atoms with Crippen LogP contribution in [0.2, 0.25) is 0 Å². The minimum absolute atomic E-state index is 0.266. The van der Waals surface area contributed by atoms with Gasteiger partial charge in [0.15, 0.2) is 5.58 Å². The van der Waals surface area contributed by atoms with Gasteiger partial charge in [0, 0.05) is 31.8 Å². The first-order valence-electron chi connectivity index (χ1n) is 9.90. The monoisotopic (exact) mass is 416 g/mol. The summed E-state index contributed by atoms with van der Waals surface area (Å²) in [6.45, 7) is 0. The summed E-state index contributed by atoms with van der Waals surface area (Å²) in [7, 11) is 1.55. The third kappa shape index (κ3) is 3.69. The largest absolute Gasteiger partial charge is 0.457 e. The Kier molecular flexibility index (Phi) is 4.76. The lowest BCUT2D eigenvalue weighted by molar-refractivity contribution is 0.0958. The zero-order valence-electron chi connectivity index (χ0n) is 16.7. The number of hydrogen-bond donors (Lipinski definition) is 3. The van der Waals surface area contributed by atoms with E-state index in [1.807, 2.05) is 24.3 Å². The number of nitrogens with zero attached hydrogens (tertiary/aromatic N) is 2. The minimum Gasteiger partial charge on any atom is -0.457 e. The molecule has 0 radical (unpaired) electrons. The predicted molar refractivity (Wildman–Crippen MR) is 114 cm³/mol. The van der Waals surface area contributed by atoms with E-state index in [0.717, 1.165) is 11.1 Å². The third-order valence-corrected chi connectivity index (χ3v) is 5.27. The summed E-state index contributed by atoms with van der Waals surface area (Å²) in [6, 6.07) is 16.5. The summed E-state index contributed by atoms with van der Waals surface area (Å²) in [5.74, 6) is 0.731. The number of aromatic nitrogens is 2. The van der Waals surface area contributed by atoms with Gasteiger partial charge in [0.25, 0.3) is 11.9 Å². The number of ether oxygens (including phenoxy) is 1. The number of nitrogens with one attached hydrogen (secondary N) is 2. The Labute approximate surface area is 177 Å². The molecule has 2 atom stereocenters. The molecule has 0 aliphatic heterocycles. The lowest BCUT2D eigenvalue weighted by Gasteiger charge is -2.16. The summed E-state index contributed by atoms with van der Waals surface area (Å²) in [6.07, 6.45) is 1.56. The summed E-state index contributed by atoms with van der Waals surface area (Å²) < 4.78 is 11.7. The van der Waals surface area contributed by atoms with Crippen molar-refractivity contribution in [3.63, 3.8) is 0 Å². The van der Waals surface area contributed by atoms with Gasteiger partial charge in [0.1, 0.15) is 22.7 Å². The molecule has 3 N–H and O–H groups in total. The maximum absolute atomic E-state index is 11.8. The van der Waals surface area contributed by atoms with Crippen LogP contribution in [0.5, 0.6) is 11.5 Å². The number of aliphatic hydroxyl groups excluding tert-OH is 1. The number of benzene rings is 2. The fraction of sp³-hybridized carbons (Fsp3) is 0.174. The molecule has 8 nitrogen and oxygen atoms in total. The van der Waals surface area contributed by atoms with Crippen LogP contribution in [-0.4, -0.2) is 34.1 Å². The smallest absolute Gasteiger partial charge is 0.296 e. The first kappa shape index (κ1) is 19.1. The molecule has 1 aliphatic rings. The van der Waals surface area contributed by atoms with Crippen LogP contribution in [0.25, 0.3) is 11.1 Å². The summed E-state index contributed by atoms with van der Waals surface area (Å²) in [4.78, 5) is 20.3. The molecule has 0 fully saturated rings. The third-order valence-electron chi connectivity index (χ3n) is 5.27. The highest BCUT2D eigenvalue weighted by atomic mass is 16.5. The first-order valence-corrected chi connectivity index (χ1v) is 9.90. The molecule has 31 heavy (non-hydrogen) atoms. The number of carbonyl (C=O) groups is 1. The van der Waals surface area contributed by atoms with Crippen molar-refractivity contribution < 1.29 is 19.1 Å². The number of carbonyl (C=O) groups excluding carboxylic acids is 1. The van der Waals surface area contributed by atoms with E-state index in [1.54, 1.807) is 37.4 Å². The van der Waals surface area contributed by atoms with Gasteiger partial charge < -0.3 is 24.9 Å². The molecule has 0 unspecified atom stereocenters. The van der Waals surface area contributed by atoms with Crippen LogP contribution in [0, 0.1) is 0 Å². The Morgan fingerprint density at radius 2 is 2.00 bits per heavy atom. The lowest BCUT2D eigenvalue weighted by Crippen LogP contribution is -2.21. The van der Waals surface area contributed by atoms with Crippen molar-refractivity contribution in [1.29, 1.82) is 0 Å². The van der Waals surface area contributed by atoms with Crippen molar-refractivity contribution in [2.75, 3.05) is 12.4 Å². The van der Waals surface area contributed by atoms with Crippen LogP contribution >= 0.6 is 0 Å². The number of aliphatic hydroxyl groups is 1. The molecule has 0 saturated heterocycles. The van der Waals surface area contributed by atoms with Crippen molar-refractivity contribution in [3.05, 3.63) is 77.6 Å². The topological polar surface area (TPSA) is 110 Å². The minimum atomic E-state index is -0.549. The number of amides is 1. The highest BCUT2D eigenvalue weighted by Gasteiger charge is 2.31. The number of anilines is 1. The number of fused-ring (bicyclic) bond motifs is 2. The normalized spacial score (nSPS) is 17.4. The van der Waals surface area contributed by atoms with Crippen LogP contribution in [0.3, 0.4) is 0 Å². The number of hydrogen-bond acceptors (Lipinski definition) is 7. The zero-order chi connectivity index (χ0) is 21.4. The molecule has 5 rings (SSSR count). The van der Waals surface area contributed by atoms with Crippen LogP contribution < -0.4 is 15.4 Å². The standard InChI is InChI=1S/C23H20N4O4/c1-24-22(29)18-11-15(8-9-25-18)30-14-6-7-17-20(12-14)31-23(26-17)27-21-16-5-3-2-4-13(16)10-19(21)28/h2-9,11-12,19,21,28H,10H2,1H3,(H,24,29)(H,26,27)/t19-,21+/m1/s1. The Morgan fingerprint density at radius 3 is 2.87 bits per heavy atom. The van der Waals surface area contributed by atoms with Crippen LogP contribution in [0.1, 0.15) is 27.7 Å². The molecular weight excluding hydrogens is 396 g/mol. The fourth-order valence-electron chi connectivity index (χ4n) is 3.77. The van der Waals surface area contributed by atoms with E-state index in [2.05, 4.69) is 20.6 Å². The number of oxazole rings is 1. The van der Waals surface area contributed by atoms with Crippen molar-refractivity contribution >= 4 is 23.0 Å². The molecule has 0 bridgehead atoms. The highest BCUT2D eigenvalue weighted by Crippen LogP contribution is 2.35. The molecular formula is C23H20N4O4. The van der Waals surface area contributed by atoms with Crippen LogP contribution in [0.15, 0.2) is 65.2 Å². The van der Waals surface area contributed by atoms with Crippen molar-refractivity contribution in [1.82, 2.24) is 15.3 Å². The molecule has 4 aromatic rings. The average molecular weight is 416 g/mol. The van der Waals surface area contributed by atoms with Crippen molar-refractivity contribution in [2.24, 2.45) is 0 Å². The van der Waals surface area contributed by atoms with E-state index in [1.165, 1.54) is 6.20 Å². The molecule has 8 heteroatoms. The summed E-state index contributed by atoms with van der Waals surface area (Å²) in [5.41, 5.74) is 3.64. The molecule has 2 aromatic carbocycles. The van der Waals surface area contributed by atoms with Gasteiger partial charge in [-0.3, -0.25) is 9.78 Å². The van der Waals surface area contributed by atoms with Gasteiger partial charge in [-0.15, -0.1) is 0 Å². The second kappa shape index (κ2) is 7.73. The van der Waals surface area contributed by atoms with Gasteiger partial charge in [-0.2, -0.15) is 4.98 Å². The maximum atomic E-state index is 11.8. The summed E-state index contributed by atoms with van der Waals surface area (Å²) >= 11 is 0. The van der Waals surface area contributed by atoms with E-state index in [4.69, 9.17) is 9.15 Å². The Bertz CT molecular complexity index is 1270. The second-order valence-electron chi connectivity index (χ2n) is 7.30. The van der Waals surface area contributed by atoms with Gasteiger partial charge in [-0.25, -0.2) is 0 Å². The highest BCUT2D eigenvalue weighted by molar-refractivity contribution is 5.92.